The molecule has 2 atom stereocenters. The lowest BCUT2D eigenvalue weighted by molar-refractivity contribution is 0.162. The third-order valence-corrected chi connectivity index (χ3v) is 4.59. The monoisotopic (exact) mass is 268 g/mol. The summed E-state index contributed by atoms with van der Waals surface area (Å²) in [4.78, 5) is 2.44. The summed E-state index contributed by atoms with van der Waals surface area (Å²) in [6.45, 7) is 0.989. The minimum atomic E-state index is 0.342. The van der Waals surface area contributed by atoms with Crippen molar-refractivity contribution in [2.24, 2.45) is 5.73 Å². The molecule has 106 valence electrons. The zero-order valence-corrected chi connectivity index (χ0v) is 12.3. The van der Waals surface area contributed by atoms with Crippen molar-refractivity contribution in [3.63, 3.8) is 0 Å². The van der Waals surface area contributed by atoms with Gasteiger partial charge in [0.2, 0.25) is 0 Å². The second-order valence-electron chi connectivity index (χ2n) is 6.11. The van der Waals surface area contributed by atoms with Gasteiger partial charge in [-0.25, -0.2) is 0 Å². The predicted octanol–water partition coefficient (Wildman–Crippen LogP) is 3.54. The highest BCUT2D eigenvalue weighted by atomic mass is 15.1. The summed E-state index contributed by atoms with van der Waals surface area (Å²) >= 11 is 0. The molecule has 2 heteroatoms. The van der Waals surface area contributed by atoms with E-state index >= 15 is 0 Å². The molecule has 1 aliphatic rings. The van der Waals surface area contributed by atoms with Gasteiger partial charge in [0.15, 0.2) is 0 Å². The molecule has 2 aromatic carbocycles. The van der Waals surface area contributed by atoms with Crippen molar-refractivity contribution in [1.82, 2.24) is 4.90 Å². The van der Waals surface area contributed by atoms with Gasteiger partial charge in [-0.05, 0) is 42.3 Å². The topological polar surface area (TPSA) is 29.3 Å². The number of likely N-dealkylation sites (N-methyl/N-ethyl adjacent to an activating group) is 1. The van der Waals surface area contributed by atoms with E-state index in [1.165, 1.54) is 42.0 Å². The van der Waals surface area contributed by atoms with Crippen molar-refractivity contribution in [2.75, 3.05) is 7.05 Å². The van der Waals surface area contributed by atoms with Gasteiger partial charge in [0, 0.05) is 18.6 Å². The largest absolute Gasteiger partial charge is 0.326 e. The summed E-state index contributed by atoms with van der Waals surface area (Å²) in [7, 11) is 2.21. The van der Waals surface area contributed by atoms with E-state index in [4.69, 9.17) is 5.73 Å². The van der Waals surface area contributed by atoms with Crippen molar-refractivity contribution in [2.45, 2.75) is 44.3 Å². The first-order chi connectivity index (χ1) is 9.74. The van der Waals surface area contributed by atoms with Gasteiger partial charge in [0.05, 0.1) is 0 Å². The third-order valence-electron chi connectivity index (χ3n) is 4.59. The number of nitrogens with zero attached hydrogens (tertiary/aromatic N) is 1. The van der Waals surface area contributed by atoms with E-state index in [9.17, 15) is 0 Å². The van der Waals surface area contributed by atoms with E-state index in [1.54, 1.807) is 0 Å². The Balaban J connectivity index is 1.74. The van der Waals surface area contributed by atoms with Crippen LogP contribution in [0.1, 0.15) is 31.2 Å². The molecular formula is C18H24N2. The van der Waals surface area contributed by atoms with E-state index in [0.717, 1.165) is 6.54 Å². The summed E-state index contributed by atoms with van der Waals surface area (Å²) in [5.41, 5.74) is 7.66. The van der Waals surface area contributed by atoms with Gasteiger partial charge in [-0.1, -0.05) is 49.2 Å². The highest BCUT2D eigenvalue weighted by Gasteiger charge is 2.25. The molecule has 0 saturated heterocycles. The number of nitrogens with two attached hydrogens (primary N) is 1. The van der Waals surface area contributed by atoms with Crippen LogP contribution in [0.4, 0.5) is 0 Å². The minimum absolute atomic E-state index is 0.342. The van der Waals surface area contributed by atoms with Gasteiger partial charge < -0.3 is 5.73 Å². The smallest absolute Gasteiger partial charge is 0.0247 e. The van der Waals surface area contributed by atoms with Crippen LogP contribution in [-0.4, -0.2) is 24.0 Å². The number of hydrogen-bond acceptors (Lipinski definition) is 2. The van der Waals surface area contributed by atoms with Crippen molar-refractivity contribution in [3.05, 3.63) is 48.0 Å². The van der Waals surface area contributed by atoms with Crippen molar-refractivity contribution >= 4 is 10.8 Å². The molecule has 0 bridgehead atoms. The summed E-state index contributed by atoms with van der Waals surface area (Å²) in [6.07, 6.45) is 5.03. The highest BCUT2D eigenvalue weighted by molar-refractivity contribution is 5.82. The Morgan fingerprint density at radius 3 is 2.60 bits per heavy atom. The molecule has 0 unspecified atom stereocenters. The van der Waals surface area contributed by atoms with Crippen LogP contribution < -0.4 is 5.73 Å². The maximum Gasteiger partial charge on any atom is 0.0247 e. The van der Waals surface area contributed by atoms with Crippen LogP contribution in [0.3, 0.4) is 0 Å². The minimum Gasteiger partial charge on any atom is -0.326 e. The Bertz CT molecular complexity index is 578. The molecular weight excluding hydrogens is 244 g/mol. The molecule has 0 heterocycles. The number of benzene rings is 2. The van der Waals surface area contributed by atoms with Gasteiger partial charge in [-0.15, -0.1) is 0 Å². The summed E-state index contributed by atoms with van der Waals surface area (Å²) in [5.74, 6) is 0. The standard InChI is InChI=1S/C18H24N2/c1-20(18-9-5-4-8-17(18)19)13-14-10-11-15-6-2-3-7-16(15)12-14/h2-3,6-7,10-12,17-18H,4-5,8-9,13,19H2,1H3/t17-,18-/m0/s1. The third kappa shape index (κ3) is 2.87. The van der Waals surface area contributed by atoms with E-state index < -0.39 is 0 Å². The van der Waals surface area contributed by atoms with E-state index in [0.29, 0.717) is 12.1 Å². The summed E-state index contributed by atoms with van der Waals surface area (Å²) < 4.78 is 0. The normalized spacial score (nSPS) is 23.4. The van der Waals surface area contributed by atoms with E-state index in [2.05, 4.69) is 54.4 Å². The zero-order valence-electron chi connectivity index (χ0n) is 12.3. The van der Waals surface area contributed by atoms with Crippen LogP contribution >= 0.6 is 0 Å². The molecule has 3 rings (SSSR count). The Morgan fingerprint density at radius 2 is 1.80 bits per heavy atom. The molecule has 0 spiro atoms. The number of fused-ring (bicyclic) bond motifs is 1. The lowest BCUT2D eigenvalue weighted by Gasteiger charge is -2.36. The maximum atomic E-state index is 6.28. The van der Waals surface area contributed by atoms with Crippen LogP contribution in [0.25, 0.3) is 10.8 Å². The fraction of sp³-hybridized carbons (Fsp3) is 0.444. The lowest BCUT2D eigenvalue weighted by atomic mass is 9.90. The molecule has 2 nitrogen and oxygen atoms in total. The van der Waals surface area contributed by atoms with Gasteiger partial charge in [0.25, 0.3) is 0 Å². The van der Waals surface area contributed by atoms with E-state index in [-0.39, 0.29) is 0 Å². The van der Waals surface area contributed by atoms with Crippen molar-refractivity contribution < 1.29 is 0 Å². The molecule has 1 aliphatic carbocycles. The lowest BCUT2D eigenvalue weighted by Crippen LogP contribution is -2.47. The predicted molar refractivity (Wildman–Crippen MR) is 85.6 cm³/mol. The first kappa shape index (κ1) is 13.6. The summed E-state index contributed by atoms with van der Waals surface area (Å²) in [5, 5.41) is 2.64. The fourth-order valence-corrected chi connectivity index (χ4v) is 3.43. The Labute approximate surface area is 121 Å². The van der Waals surface area contributed by atoms with E-state index in [1.807, 2.05) is 0 Å². The first-order valence-corrected chi connectivity index (χ1v) is 7.67. The van der Waals surface area contributed by atoms with Crippen molar-refractivity contribution in [3.8, 4) is 0 Å². The second-order valence-corrected chi connectivity index (χ2v) is 6.11. The summed E-state index contributed by atoms with van der Waals surface area (Å²) in [6, 6.07) is 16.2. The molecule has 0 amide bonds. The van der Waals surface area contributed by atoms with Gasteiger partial charge >= 0.3 is 0 Å². The van der Waals surface area contributed by atoms with Gasteiger partial charge in [-0.2, -0.15) is 0 Å². The average molecular weight is 268 g/mol. The molecule has 1 saturated carbocycles. The van der Waals surface area contributed by atoms with Crippen LogP contribution in [0.2, 0.25) is 0 Å². The van der Waals surface area contributed by atoms with Gasteiger partial charge in [-0.3, -0.25) is 4.90 Å². The molecule has 0 aliphatic heterocycles. The first-order valence-electron chi connectivity index (χ1n) is 7.67. The Hall–Kier alpha value is -1.38. The number of rotatable bonds is 3. The number of hydrogen-bond donors (Lipinski definition) is 1. The molecule has 2 aromatic rings. The Kier molecular flexibility index (Phi) is 4.04. The Morgan fingerprint density at radius 1 is 1.05 bits per heavy atom. The average Bonchev–Trinajstić information content (AvgIpc) is 2.47. The van der Waals surface area contributed by atoms with Gasteiger partial charge in [0.1, 0.15) is 0 Å². The maximum absolute atomic E-state index is 6.28. The second kappa shape index (κ2) is 5.94. The molecule has 2 N–H and O–H groups in total. The quantitative estimate of drug-likeness (QED) is 0.922. The zero-order chi connectivity index (χ0) is 13.9. The molecule has 0 aromatic heterocycles. The van der Waals surface area contributed by atoms with Crippen LogP contribution in [-0.2, 0) is 6.54 Å². The van der Waals surface area contributed by atoms with Crippen LogP contribution in [0, 0.1) is 0 Å². The molecule has 20 heavy (non-hydrogen) atoms. The fourth-order valence-electron chi connectivity index (χ4n) is 3.43. The molecule has 0 radical (unpaired) electrons. The van der Waals surface area contributed by atoms with Crippen LogP contribution in [0.15, 0.2) is 42.5 Å². The SMILES string of the molecule is CN(Cc1ccc2ccccc2c1)[C@H]1CCCC[C@@H]1N. The van der Waals surface area contributed by atoms with Crippen molar-refractivity contribution in [1.29, 1.82) is 0 Å². The molecule has 1 fully saturated rings. The highest BCUT2D eigenvalue weighted by Crippen LogP contribution is 2.23. The van der Waals surface area contributed by atoms with Crippen LogP contribution in [0.5, 0.6) is 0 Å².